The fourth-order valence-corrected chi connectivity index (χ4v) is 4.89. The van der Waals surface area contributed by atoms with Gasteiger partial charge in [-0.3, -0.25) is 19.5 Å². The first kappa shape index (κ1) is 26.5. The third-order valence-corrected chi connectivity index (χ3v) is 7.00. The number of benzene rings is 2. The molecule has 0 saturated heterocycles. The Morgan fingerprint density at radius 2 is 1.70 bits per heavy atom. The number of aryl methyl sites for hydroxylation is 1. The molecule has 37 heavy (non-hydrogen) atoms. The molecule has 3 aromatic rings. The van der Waals surface area contributed by atoms with Crippen LogP contribution < -0.4 is 14.4 Å². The van der Waals surface area contributed by atoms with Gasteiger partial charge in [0.1, 0.15) is 0 Å². The Labute approximate surface area is 219 Å². The van der Waals surface area contributed by atoms with Crippen molar-refractivity contribution in [1.29, 1.82) is 0 Å². The summed E-state index contributed by atoms with van der Waals surface area (Å²) < 4.78 is 12.0. The Hall–Kier alpha value is -3.61. The molecule has 1 aliphatic rings. The second-order valence-electron chi connectivity index (χ2n) is 9.62. The van der Waals surface area contributed by atoms with E-state index in [0.29, 0.717) is 30.0 Å². The molecule has 0 unspecified atom stereocenters. The minimum absolute atomic E-state index is 0.199. The van der Waals surface area contributed by atoms with Gasteiger partial charge in [0, 0.05) is 32.4 Å². The molecular formula is C30H37N3O4. The van der Waals surface area contributed by atoms with Gasteiger partial charge in [-0.1, -0.05) is 38.3 Å². The van der Waals surface area contributed by atoms with Crippen LogP contribution in [0.3, 0.4) is 0 Å². The smallest absolute Gasteiger partial charge is 0.261 e. The lowest BCUT2D eigenvalue weighted by Gasteiger charge is -2.24. The maximum absolute atomic E-state index is 12.6. The molecule has 2 amide bonds. The van der Waals surface area contributed by atoms with Crippen LogP contribution in [0.2, 0.25) is 0 Å². The predicted octanol–water partition coefficient (Wildman–Crippen LogP) is 6.02. The Bertz CT molecular complexity index is 1240. The van der Waals surface area contributed by atoms with Crippen LogP contribution in [-0.2, 0) is 0 Å². The molecule has 1 aromatic heterocycles. The number of anilines is 1. The molecule has 0 aliphatic carbocycles. The van der Waals surface area contributed by atoms with Crippen molar-refractivity contribution in [2.75, 3.05) is 38.8 Å². The van der Waals surface area contributed by atoms with E-state index in [-0.39, 0.29) is 11.8 Å². The first-order valence-electron chi connectivity index (χ1n) is 13.2. The third-order valence-electron chi connectivity index (χ3n) is 7.00. The van der Waals surface area contributed by atoms with Crippen molar-refractivity contribution in [3.8, 4) is 11.5 Å². The maximum atomic E-state index is 12.6. The fourth-order valence-electron chi connectivity index (χ4n) is 4.89. The Kier molecular flexibility index (Phi) is 8.64. The highest BCUT2D eigenvalue weighted by Crippen LogP contribution is 2.42. The fraction of sp³-hybridized carbons (Fsp3) is 0.433. The highest BCUT2D eigenvalue weighted by atomic mass is 16.5. The summed E-state index contributed by atoms with van der Waals surface area (Å²) in [5.74, 6) is 1.05. The van der Waals surface area contributed by atoms with Gasteiger partial charge in [0.15, 0.2) is 11.5 Å². The molecule has 0 fully saturated rings. The molecule has 1 aliphatic heterocycles. The van der Waals surface area contributed by atoms with Crippen molar-refractivity contribution in [3.05, 3.63) is 59.3 Å². The molecule has 196 valence electrons. The van der Waals surface area contributed by atoms with Gasteiger partial charge in [0.25, 0.3) is 11.8 Å². The molecule has 4 rings (SSSR count). The van der Waals surface area contributed by atoms with Crippen molar-refractivity contribution < 1.29 is 19.1 Å². The van der Waals surface area contributed by atoms with Gasteiger partial charge in [-0.2, -0.15) is 0 Å². The van der Waals surface area contributed by atoms with Crippen LogP contribution in [0.4, 0.5) is 5.69 Å². The third kappa shape index (κ3) is 5.55. The Morgan fingerprint density at radius 1 is 0.973 bits per heavy atom. The molecule has 0 bridgehead atoms. The number of imide groups is 1. The summed E-state index contributed by atoms with van der Waals surface area (Å²) in [7, 11) is 3.70. The average Bonchev–Trinajstić information content (AvgIpc) is 3.15. The monoisotopic (exact) mass is 503 g/mol. The van der Waals surface area contributed by atoms with Gasteiger partial charge in [0.2, 0.25) is 0 Å². The number of hydrogen-bond donors (Lipinski definition) is 0. The zero-order valence-corrected chi connectivity index (χ0v) is 22.4. The number of carbonyl (C=O) groups is 2. The maximum Gasteiger partial charge on any atom is 0.261 e. The number of aromatic nitrogens is 1. The van der Waals surface area contributed by atoms with E-state index in [1.54, 1.807) is 31.4 Å². The number of rotatable bonds is 13. The van der Waals surface area contributed by atoms with Crippen LogP contribution in [0.1, 0.15) is 71.7 Å². The van der Waals surface area contributed by atoms with Crippen molar-refractivity contribution in [3.63, 3.8) is 0 Å². The van der Waals surface area contributed by atoms with E-state index in [2.05, 4.69) is 18.7 Å². The second kappa shape index (κ2) is 12.1. The average molecular weight is 504 g/mol. The second-order valence-corrected chi connectivity index (χ2v) is 9.62. The van der Waals surface area contributed by atoms with E-state index in [0.717, 1.165) is 60.1 Å². The lowest BCUT2D eigenvalue weighted by atomic mass is 10.1. The van der Waals surface area contributed by atoms with Gasteiger partial charge in [-0.15, -0.1) is 0 Å². The molecule has 7 heteroatoms. The van der Waals surface area contributed by atoms with E-state index in [1.807, 2.05) is 25.4 Å². The van der Waals surface area contributed by atoms with Crippen LogP contribution in [0.25, 0.3) is 10.9 Å². The number of fused-ring (bicyclic) bond motifs is 2. The molecule has 7 nitrogen and oxygen atoms in total. The topological polar surface area (TPSA) is 72.0 Å². The number of pyridine rings is 1. The standard InChI is InChI=1S/C30H37N3O4/c1-5-6-7-12-19-37-28-25(36-4)20-24(27-26(28)21(2)15-16-31-27)32(3)17-10-11-18-33-29(34)22-13-8-9-14-23(22)30(33)35/h8-9,13-16,20H,5-7,10-12,17-19H2,1-4H3. The molecule has 0 saturated carbocycles. The van der Waals surface area contributed by atoms with Crippen LogP contribution in [0.15, 0.2) is 42.6 Å². The molecule has 0 spiro atoms. The van der Waals surface area contributed by atoms with Crippen LogP contribution in [-0.4, -0.2) is 55.6 Å². The molecule has 0 radical (unpaired) electrons. The SMILES string of the molecule is CCCCCCOc1c(OC)cc(N(C)CCCCN2C(=O)c3ccccc3C2=O)c2nccc(C)c12. The number of carbonyl (C=O) groups excluding carboxylic acids is 2. The number of methoxy groups -OCH3 is 1. The summed E-state index contributed by atoms with van der Waals surface area (Å²) in [6.45, 7) is 6.07. The van der Waals surface area contributed by atoms with Crippen LogP contribution >= 0.6 is 0 Å². The first-order valence-corrected chi connectivity index (χ1v) is 13.2. The molecular weight excluding hydrogens is 466 g/mol. The summed E-state index contributed by atoms with van der Waals surface area (Å²) in [5.41, 5.74) is 3.93. The number of ether oxygens (including phenoxy) is 2. The normalized spacial score (nSPS) is 12.8. The van der Waals surface area contributed by atoms with Crippen molar-refractivity contribution in [1.82, 2.24) is 9.88 Å². The van der Waals surface area contributed by atoms with Crippen LogP contribution in [0.5, 0.6) is 11.5 Å². The number of unbranched alkanes of at least 4 members (excludes halogenated alkanes) is 4. The van der Waals surface area contributed by atoms with Gasteiger partial charge < -0.3 is 14.4 Å². The minimum Gasteiger partial charge on any atom is -0.493 e. The minimum atomic E-state index is -0.199. The Morgan fingerprint density at radius 3 is 2.38 bits per heavy atom. The van der Waals surface area contributed by atoms with Crippen molar-refractivity contribution in [2.45, 2.75) is 52.4 Å². The summed E-state index contributed by atoms with van der Waals surface area (Å²) in [4.78, 5) is 33.5. The van der Waals surface area contributed by atoms with E-state index in [1.165, 1.54) is 17.7 Å². The van der Waals surface area contributed by atoms with Gasteiger partial charge in [0.05, 0.1) is 41.4 Å². The quantitative estimate of drug-likeness (QED) is 0.210. The van der Waals surface area contributed by atoms with Crippen molar-refractivity contribution in [2.24, 2.45) is 0 Å². The van der Waals surface area contributed by atoms with Gasteiger partial charge in [-0.05, 0) is 49.9 Å². The van der Waals surface area contributed by atoms with E-state index in [9.17, 15) is 9.59 Å². The van der Waals surface area contributed by atoms with E-state index < -0.39 is 0 Å². The van der Waals surface area contributed by atoms with Crippen molar-refractivity contribution >= 4 is 28.4 Å². The zero-order chi connectivity index (χ0) is 26.4. The summed E-state index contributed by atoms with van der Waals surface area (Å²) >= 11 is 0. The highest BCUT2D eigenvalue weighted by molar-refractivity contribution is 6.21. The largest absolute Gasteiger partial charge is 0.493 e. The Balaban J connectivity index is 1.44. The van der Waals surface area contributed by atoms with E-state index in [4.69, 9.17) is 14.5 Å². The molecule has 0 atom stereocenters. The molecule has 2 heterocycles. The van der Waals surface area contributed by atoms with Crippen LogP contribution in [0, 0.1) is 6.92 Å². The summed E-state index contributed by atoms with van der Waals surface area (Å²) in [6, 6.07) is 11.0. The number of hydrogen-bond acceptors (Lipinski definition) is 6. The lowest BCUT2D eigenvalue weighted by molar-refractivity contribution is 0.0652. The highest BCUT2D eigenvalue weighted by Gasteiger charge is 2.34. The number of nitrogens with zero attached hydrogens (tertiary/aromatic N) is 3. The first-order chi connectivity index (χ1) is 18.0. The van der Waals surface area contributed by atoms with Gasteiger partial charge >= 0.3 is 0 Å². The van der Waals surface area contributed by atoms with Gasteiger partial charge in [-0.25, -0.2) is 0 Å². The predicted molar refractivity (Wildman–Crippen MR) is 147 cm³/mol. The molecule has 2 aromatic carbocycles. The number of amides is 2. The zero-order valence-electron chi connectivity index (χ0n) is 22.4. The summed E-state index contributed by atoms with van der Waals surface area (Å²) in [6.07, 6.45) is 7.91. The summed E-state index contributed by atoms with van der Waals surface area (Å²) in [5, 5.41) is 0.977. The molecule has 0 N–H and O–H groups in total. The lowest BCUT2D eigenvalue weighted by Crippen LogP contribution is -2.31. The van der Waals surface area contributed by atoms with E-state index >= 15 is 0 Å².